The molecule has 1 heterocycles. The van der Waals surface area contributed by atoms with Gasteiger partial charge in [-0.25, -0.2) is 0 Å². The predicted octanol–water partition coefficient (Wildman–Crippen LogP) is 3.84. The summed E-state index contributed by atoms with van der Waals surface area (Å²) in [7, 11) is 0. The van der Waals surface area contributed by atoms with Crippen molar-refractivity contribution in [1.29, 1.82) is 0 Å². The molecule has 1 saturated carbocycles. The van der Waals surface area contributed by atoms with Gasteiger partial charge in [0.25, 0.3) is 0 Å². The highest BCUT2D eigenvalue weighted by molar-refractivity contribution is 5.79. The van der Waals surface area contributed by atoms with E-state index in [1.165, 1.54) is 42.1 Å². The highest BCUT2D eigenvalue weighted by Crippen LogP contribution is 2.27. The fraction of sp³-hybridized carbons (Fsp3) is 0.500. The molecule has 2 heteroatoms. The molecule has 2 nitrogen and oxygen atoms in total. The SMILES string of the molecule is C[C@H](NCc1ccc2[nH]ccc2c1)C1CCCC1. The zero-order valence-corrected chi connectivity index (χ0v) is 11.1. The number of benzene rings is 1. The first-order valence-electron chi connectivity index (χ1n) is 7.12. The monoisotopic (exact) mass is 242 g/mol. The van der Waals surface area contributed by atoms with Crippen molar-refractivity contribution < 1.29 is 0 Å². The summed E-state index contributed by atoms with van der Waals surface area (Å²) in [5.41, 5.74) is 2.61. The number of rotatable bonds is 4. The summed E-state index contributed by atoms with van der Waals surface area (Å²) in [6, 6.07) is 9.45. The van der Waals surface area contributed by atoms with Crippen LogP contribution in [0.1, 0.15) is 38.2 Å². The molecule has 1 fully saturated rings. The normalized spacial score (nSPS) is 18.5. The molecule has 0 spiro atoms. The molecule has 1 aromatic carbocycles. The number of hydrogen-bond donors (Lipinski definition) is 2. The summed E-state index contributed by atoms with van der Waals surface area (Å²) in [4.78, 5) is 3.24. The average Bonchev–Trinajstić information content (AvgIpc) is 3.05. The third-order valence-electron chi connectivity index (χ3n) is 4.35. The van der Waals surface area contributed by atoms with E-state index in [-0.39, 0.29) is 0 Å². The van der Waals surface area contributed by atoms with Gasteiger partial charge in [0, 0.05) is 24.3 Å². The summed E-state index contributed by atoms with van der Waals surface area (Å²) in [5, 5.41) is 5.00. The van der Waals surface area contributed by atoms with E-state index in [2.05, 4.69) is 41.5 Å². The molecular formula is C16H22N2. The van der Waals surface area contributed by atoms with Crippen molar-refractivity contribution >= 4 is 10.9 Å². The standard InChI is InChI=1S/C16H22N2/c1-12(14-4-2-3-5-14)18-11-13-6-7-16-15(10-13)8-9-17-16/h6-10,12,14,17-18H,2-5,11H2,1H3/t12-/m0/s1. The predicted molar refractivity (Wildman–Crippen MR) is 76.6 cm³/mol. The van der Waals surface area contributed by atoms with Gasteiger partial charge in [-0.1, -0.05) is 18.9 Å². The van der Waals surface area contributed by atoms with Crippen LogP contribution in [-0.4, -0.2) is 11.0 Å². The van der Waals surface area contributed by atoms with E-state index in [0.29, 0.717) is 6.04 Å². The van der Waals surface area contributed by atoms with Crippen molar-refractivity contribution in [2.24, 2.45) is 5.92 Å². The van der Waals surface area contributed by atoms with Crippen LogP contribution in [0.25, 0.3) is 10.9 Å². The number of hydrogen-bond acceptors (Lipinski definition) is 1. The van der Waals surface area contributed by atoms with Crippen LogP contribution in [0.2, 0.25) is 0 Å². The number of aromatic amines is 1. The smallest absolute Gasteiger partial charge is 0.0454 e. The van der Waals surface area contributed by atoms with Crippen LogP contribution in [0.4, 0.5) is 0 Å². The van der Waals surface area contributed by atoms with Gasteiger partial charge in [0.1, 0.15) is 0 Å². The molecule has 96 valence electrons. The molecule has 0 saturated heterocycles. The molecule has 1 aromatic heterocycles. The minimum atomic E-state index is 0.648. The summed E-state index contributed by atoms with van der Waals surface area (Å²) >= 11 is 0. The lowest BCUT2D eigenvalue weighted by molar-refractivity contribution is 0.380. The van der Waals surface area contributed by atoms with Gasteiger partial charge in [-0.05, 0) is 54.8 Å². The van der Waals surface area contributed by atoms with Gasteiger partial charge in [0.15, 0.2) is 0 Å². The van der Waals surface area contributed by atoms with Crippen LogP contribution in [0.3, 0.4) is 0 Å². The van der Waals surface area contributed by atoms with Crippen LogP contribution < -0.4 is 5.32 Å². The van der Waals surface area contributed by atoms with Crippen LogP contribution in [0.5, 0.6) is 0 Å². The Balaban J connectivity index is 1.61. The molecule has 1 atom stereocenters. The largest absolute Gasteiger partial charge is 0.361 e. The first kappa shape index (κ1) is 11.8. The van der Waals surface area contributed by atoms with E-state index >= 15 is 0 Å². The maximum absolute atomic E-state index is 3.69. The maximum atomic E-state index is 3.69. The third-order valence-corrected chi connectivity index (χ3v) is 4.35. The van der Waals surface area contributed by atoms with Crippen LogP contribution in [0, 0.1) is 5.92 Å². The van der Waals surface area contributed by atoms with Gasteiger partial charge >= 0.3 is 0 Å². The fourth-order valence-corrected chi connectivity index (χ4v) is 3.12. The van der Waals surface area contributed by atoms with E-state index in [0.717, 1.165) is 12.5 Å². The lowest BCUT2D eigenvalue weighted by Crippen LogP contribution is -2.31. The molecule has 1 aliphatic rings. The van der Waals surface area contributed by atoms with E-state index < -0.39 is 0 Å². The van der Waals surface area contributed by atoms with Gasteiger partial charge < -0.3 is 10.3 Å². The van der Waals surface area contributed by atoms with Gasteiger partial charge in [-0.15, -0.1) is 0 Å². The molecule has 18 heavy (non-hydrogen) atoms. The van der Waals surface area contributed by atoms with E-state index in [1.807, 2.05) is 6.20 Å². The minimum absolute atomic E-state index is 0.648. The van der Waals surface area contributed by atoms with Gasteiger partial charge in [-0.2, -0.15) is 0 Å². The van der Waals surface area contributed by atoms with Crippen molar-refractivity contribution in [3.05, 3.63) is 36.0 Å². The van der Waals surface area contributed by atoms with Crippen LogP contribution >= 0.6 is 0 Å². The zero-order chi connectivity index (χ0) is 12.4. The van der Waals surface area contributed by atoms with E-state index in [1.54, 1.807) is 0 Å². The molecular weight excluding hydrogens is 220 g/mol. The van der Waals surface area contributed by atoms with Crippen molar-refractivity contribution in [1.82, 2.24) is 10.3 Å². The second-order valence-electron chi connectivity index (χ2n) is 5.61. The third kappa shape index (κ3) is 2.44. The summed E-state index contributed by atoms with van der Waals surface area (Å²) < 4.78 is 0. The molecule has 0 radical (unpaired) electrons. The molecule has 0 bridgehead atoms. The van der Waals surface area contributed by atoms with E-state index in [4.69, 9.17) is 0 Å². The summed E-state index contributed by atoms with van der Waals surface area (Å²) in [5.74, 6) is 0.890. The average molecular weight is 242 g/mol. The maximum Gasteiger partial charge on any atom is 0.0454 e. The van der Waals surface area contributed by atoms with Crippen molar-refractivity contribution in [3.63, 3.8) is 0 Å². The van der Waals surface area contributed by atoms with Crippen molar-refractivity contribution in [2.75, 3.05) is 0 Å². The number of aromatic nitrogens is 1. The minimum Gasteiger partial charge on any atom is -0.361 e. The molecule has 0 amide bonds. The Hall–Kier alpha value is -1.28. The Morgan fingerprint density at radius 2 is 2.11 bits per heavy atom. The molecule has 2 N–H and O–H groups in total. The first-order valence-corrected chi connectivity index (χ1v) is 7.12. The Morgan fingerprint density at radius 1 is 1.28 bits per heavy atom. The Bertz CT molecular complexity index is 509. The van der Waals surface area contributed by atoms with Crippen LogP contribution in [0.15, 0.2) is 30.5 Å². The Morgan fingerprint density at radius 3 is 2.94 bits per heavy atom. The molecule has 0 aliphatic heterocycles. The lowest BCUT2D eigenvalue weighted by atomic mass is 9.99. The number of nitrogens with one attached hydrogen (secondary N) is 2. The second kappa shape index (κ2) is 5.15. The molecule has 1 aliphatic carbocycles. The van der Waals surface area contributed by atoms with Crippen molar-refractivity contribution in [3.8, 4) is 0 Å². The molecule has 0 unspecified atom stereocenters. The quantitative estimate of drug-likeness (QED) is 0.837. The molecule has 2 aromatic rings. The summed E-state index contributed by atoms with van der Waals surface area (Å²) in [6.07, 6.45) is 7.66. The second-order valence-corrected chi connectivity index (χ2v) is 5.61. The number of H-pyrrole nitrogens is 1. The Kier molecular flexibility index (Phi) is 3.37. The van der Waals surface area contributed by atoms with Gasteiger partial charge in [0.2, 0.25) is 0 Å². The highest BCUT2D eigenvalue weighted by atomic mass is 14.9. The summed E-state index contributed by atoms with van der Waals surface area (Å²) in [6.45, 7) is 3.32. The van der Waals surface area contributed by atoms with Crippen molar-refractivity contribution in [2.45, 2.75) is 45.2 Å². The topological polar surface area (TPSA) is 27.8 Å². The fourth-order valence-electron chi connectivity index (χ4n) is 3.12. The first-order chi connectivity index (χ1) is 8.83. The highest BCUT2D eigenvalue weighted by Gasteiger charge is 2.20. The lowest BCUT2D eigenvalue weighted by Gasteiger charge is -2.20. The molecule has 3 rings (SSSR count). The van der Waals surface area contributed by atoms with Gasteiger partial charge in [-0.3, -0.25) is 0 Å². The number of fused-ring (bicyclic) bond motifs is 1. The Labute approximate surface area is 109 Å². The van der Waals surface area contributed by atoms with Crippen LogP contribution in [-0.2, 0) is 6.54 Å². The zero-order valence-electron chi connectivity index (χ0n) is 11.1. The van der Waals surface area contributed by atoms with E-state index in [9.17, 15) is 0 Å². The van der Waals surface area contributed by atoms with Gasteiger partial charge in [0.05, 0.1) is 0 Å².